The summed E-state index contributed by atoms with van der Waals surface area (Å²) in [6.07, 6.45) is 2.97. The third kappa shape index (κ3) is 22.0. The molecule has 0 aromatic carbocycles. The largest absolute Gasteiger partial charge is 2.00 e. The number of aromatic nitrogens is 8. The van der Waals surface area contributed by atoms with Gasteiger partial charge in [-0.3, -0.25) is 9.98 Å². The van der Waals surface area contributed by atoms with Crippen LogP contribution in [0.2, 0.25) is 0 Å². The number of thioether (sulfide) groups is 2. The molecule has 0 amide bonds. The maximum absolute atomic E-state index is 13.2. The first-order valence-corrected chi connectivity index (χ1v) is 23.9. The van der Waals surface area contributed by atoms with E-state index >= 15 is 0 Å². The normalized spacial score (nSPS) is 12.8. The molecule has 0 fully saturated rings. The molecule has 4 rings (SSSR count). The molecule has 0 saturated heterocycles. The molecule has 0 aliphatic heterocycles. The van der Waals surface area contributed by atoms with Crippen molar-refractivity contribution in [2.75, 3.05) is 38.2 Å². The van der Waals surface area contributed by atoms with E-state index in [1.807, 2.05) is 92.2 Å². The summed E-state index contributed by atoms with van der Waals surface area (Å²) in [4.78, 5) is 32.5. The number of ether oxygens (including phenoxy) is 2. The molecule has 0 spiro atoms. The van der Waals surface area contributed by atoms with Gasteiger partial charge in [0.25, 0.3) is 0 Å². The second-order valence-electron chi connectivity index (χ2n) is 13.6. The number of halogens is 2. The van der Waals surface area contributed by atoms with Crippen LogP contribution in [0.1, 0.15) is 70.7 Å². The SMILES string of the molecule is COC(=O)C(CCSC)N=C([O-])C(n1nc(C)cc1C)n1nc(C)cc1C.COC(=O)C(CCSC)N=C([O-])C(n1nc(C)cc1C)n1nc(C)cc1C.[Cu+2].[O-][Cl+3]([O-])([O-])O.[O-][Cl+3]([O-])([O-])O. The summed E-state index contributed by atoms with van der Waals surface area (Å²) in [6.45, 7) is 14.9. The van der Waals surface area contributed by atoms with E-state index in [2.05, 4.69) is 30.4 Å². The Labute approximate surface area is 399 Å². The Hall–Kier alpha value is -3.80. The average molecular weight is 1050 g/mol. The smallest absolute Gasteiger partial charge is 0.859 e. The Morgan fingerprint density at radius 3 is 0.954 bits per heavy atom. The molecule has 0 saturated carbocycles. The molecule has 2 atom stereocenters. The molecule has 4 aromatic rings. The van der Waals surface area contributed by atoms with E-state index in [1.165, 1.54) is 14.2 Å². The van der Waals surface area contributed by atoms with Gasteiger partial charge in [0, 0.05) is 34.6 Å². The van der Waals surface area contributed by atoms with Gasteiger partial charge in [0.15, 0.2) is 12.3 Å². The maximum atomic E-state index is 13.2. The van der Waals surface area contributed by atoms with E-state index in [-0.39, 0.29) is 17.1 Å². The molecule has 29 heteroatoms. The van der Waals surface area contributed by atoms with E-state index < -0.39 is 68.6 Å². The number of aryl methyl sites for hydroxylation is 8. The van der Waals surface area contributed by atoms with Gasteiger partial charge in [-0.1, -0.05) is 0 Å². The van der Waals surface area contributed by atoms with Crippen LogP contribution in [0.3, 0.4) is 0 Å². The van der Waals surface area contributed by atoms with Crippen molar-refractivity contribution in [3.63, 3.8) is 0 Å². The van der Waals surface area contributed by atoms with E-state index in [4.69, 9.17) is 46.7 Å². The van der Waals surface area contributed by atoms with Gasteiger partial charge < -0.3 is 19.7 Å². The van der Waals surface area contributed by atoms with Gasteiger partial charge in [0.2, 0.25) is 0 Å². The third-order valence-electron chi connectivity index (χ3n) is 8.25. The molecular formula is C36H54Cl2CuN10O14S2. The van der Waals surface area contributed by atoms with Crippen molar-refractivity contribution in [3.8, 4) is 0 Å². The Morgan fingerprint density at radius 2 is 0.800 bits per heavy atom. The molecule has 1 radical (unpaired) electrons. The van der Waals surface area contributed by atoms with Gasteiger partial charge in [-0.25, -0.2) is 28.3 Å². The van der Waals surface area contributed by atoms with Crippen molar-refractivity contribution in [1.82, 2.24) is 39.1 Å². The van der Waals surface area contributed by atoms with Crippen LogP contribution < -0.4 is 38.2 Å². The second kappa shape index (κ2) is 28.4. The van der Waals surface area contributed by atoms with Crippen molar-refractivity contribution >= 4 is 47.3 Å². The summed E-state index contributed by atoms with van der Waals surface area (Å²) in [5.41, 5.74) is 6.41. The van der Waals surface area contributed by atoms with Crippen LogP contribution in [0.15, 0.2) is 34.3 Å². The zero-order valence-electron chi connectivity index (χ0n) is 37.6. The van der Waals surface area contributed by atoms with Crippen molar-refractivity contribution in [2.24, 2.45) is 9.98 Å². The average Bonchev–Trinajstić information content (AvgIpc) is 3.90. The molecule has 0 aliphatic carbocycles. The summed E-state index contributed by atoms with van der Waals surface area (Å²) in [7, 11) is -6.79. The molecule has 369 valence electrons. The minimum atomic E-state index is -4.69. The topological polar surface area (TPSA) is 374 Å². The summed E-state index contributed by atoms with van der Waals surface area (Å²) in [6, 6.07) is 5.86. The van der Waals surface area contributed by atoms with Gasteiger partial charge in [-0.2, -0.15) is 71.9 Å². The van der Waals surface area contributed by atoms with E-state index in [1.54, 1.807) is 42.3 Å². The Balaban J connectivity index is 0.00000103. The number of methoxy groups -OCH3 is 2. The van der Waals surface area contributed by atoms with Crippen LogP contribution in [-0.2, 0) is 36.1 Å². The number of hydrogen-bond donors (Lipinski definition) is 2. The Kier molecular flexibility index (Phi) is 26.7. The van der Waals surface area contributed by atoms with E-state index in [0.717, 1.165) is 45.6 Å². The van der Waals surface area contributed by atoms with E-state index in [9.17, 15) is 19.8 Å². The van der Waals surface area contributed by atoms with Crippen molar-refractivity contribution in [1.29, 1.82) is 0 Å². The number of rotatable bonds is 16. The van der Waals surface area contributed by atoms with Gasteiger partial charge in [0.05, 0.1) is 66.8 Å². The predicted molar refractivity (Wildman–Crippen MR) is 213 cm³/mol. The number of carbonyl (C=O) groups is 2. The van der Waals surface area contributed by atoms with Crippen LogP contribution in [0.4, 0.5) is 0 Å². The summed E-state index contributed by atoms with van der Waals surface area (Å²) < 4.78 is 81.5. The summed E-state index contributed by atoms with van der Waals surface area (Å²) in [5.74, 6) is -0.606. The molecule has 24 nitrogen and oxygen atoms in total. The standard InChI is InChI=1S/2C18H27N5O3S.2ClHO4.Cu/c2*1-11-9-13(3)22(20-11)17(23-14(4)10-12(2)21-23)16(24)19-15(7-8-27-6)18(25)26-5;2*2-1(3,4)5;/h2*9-10,15,17H,7-8H2,1-6H3,(H,19,24);2*(H,2,3,4,5);/q;;;;+2/p-2. The van der Waals surface area contributed by atoms with Crippen molar-refractivity contribution < 1.29 is 104 Å². The molecule has 2 unspecified atom stereocenters. The first-order chi connectivity index (χ1) is 29.6. The molecule has 4 heterocycles. The molecule has 0 aliphatic rings. The number of aliphatic imine (C=N–C) groups is 2. The number of carbonyl (C=O) groups excluding carboxylic acids is 2. The van der Waals surface area contributed by atoms with Gasteiger partial charge in [-0.15, -0.1) is 0 Å². The van der Waals surface area contributed by atoms with Crippen LogP contribution >= 0.6 is 23.5 Å². The van der Waals surface area contributed by atoms with Crippen LogP contribution in [0.25, 0.3) is 0 Å². The number of hydrogen-bond acceptors (Lipinski definition) is 22. The zero-order chi connectivity index (χ0) is 49.3. The fourth-order valence-electron chi connectivity index (χ4n) is 5.84. The zero-order valence-corrected chi connectivity index (χ0v) is 41.7. The van der Waals surface area contributed by atoms with Gasteiger partial charge >= 0.3 is 29.0 Å². The number of nitrogens with zero attached hydrogens (tertiary/aromatic N) is 10. The Morgan fingerprint density at radius 1 is 0.585 bits per heavy atom. The molecule has 0 bridgehead atoms. The minimum Gasteiger partial charge on any atom is -0.859 e. The van der Waals surface area contributed by atoms with Crippen LogP contribution in [0, 0.1) is 75.9 Å². The first kappa shape index (κ1) is 61.2. The molecule has 4 aromatic heterocycles. The van der Waals surface area contributed by atoms with Gasteiger partial charge in [-0.05, 0) is 117 Å². The molecule has 2 N–H and O–H groups in total. The second-order valence-corrected chi connectivity index (χ2v) is 17.2. The molecular weight excluding hydrogens is 995 g/mol. The third-order valence-corrected chi connectivity index (χ3v) is 9.54. The van der Waals surface area contributed by atoms with Gasteiger partial charge in [0.1, 0.15) is 12.1 Å². The Bertz CT molecular complexity index is 1900. The van der Waals surface area contributed by atoms with Crippen molar-refractivity contribution in [3.05, 3.63) is 69.8 Å². The maximum Gasteiger partial charge on any atom is 2.00 e. The van der Waals surface area contributed by atoms with Crippen molar-refractivity contribution in [2.45, 2.75) is 92.6 Å². The minimum absolute atomic E-state index is 0. The quantitative estimate of drug-likeness (QED) is 0.0458. The fraction of sp³-hybridized carbons (Fsp3) is 0.556. The molecule has 65 heavy (non-hydrogen) atoms. The van der Waals surface area contributed by atoms with E-state index in [0.29, 0.717) is 24.3 Å². The summed E-state index contributed by atoms with van der Waals surface area (Å²) in [5, 5.41) is 44.1. The fourth-order valence-corrected chi connectivity index (χ4v) is 6.76. The van der Waals surface area contributed by atoms with Crippen LogP contribution in [0.5, 0.6) is 0 Å². The monoisotopic (exact) mass is 1050 g/mol. The number of esters is 2. The predicted octanol–water partition coefficient (Wildman–Crippen LogP) is -5.42. The summed E-state index contributed by atoms with van der Waals surface area (Å²) >= 11 is 3.17. The first-order valence-electron chi connectivity index (χ1n) is 18.6. The van der Waals surface area contributed by atoms with Crippen LogP contribution in [-0.4, -0.2) is 122 Å².